The number of amides is 1. The average molecular weight is 267 g/mol. The van der Waals surface area contributed by atoms with Crippen molar-refractivity contribution in [3.63, 3.8) is 0 Å². The van der Waals surface area contributed by atoms with Crippen LogP contribution in [-0.2, 0) is 4.74 Å². The Morgan fingerprint density at radius 1 is 1.53 bits per heavy atom. The maximum Gasteiger partial charge on any atom is 0.293 e. The number of benzene rings is 1. The van der Waals surface area contributed by atoms with Gasteiger partial charge in [0.05, 0.1) is 10.5 Å². The minimum Gasteiger partial charge on any atom is -0.377 e. The first-order valence-corrected chi connectivity index (χ1v) is 5.64. The lowest BCUT2D eigenvalue weighted by molar-refractivity contribution is -0.384. The molecule has 0 heterocycles. The van der Waals surface area contributed by atoms with Crippen LogP contribution in [0.25, 0.3) is 0 Å². The van der Waals surface area contributed by atoms with Gasteiger partial charge in [-0.15, -0.1) is 0 Å². The SMILES string of the molecule is COC(C)(C)CNc1ccc(C(N)=O)cc1[N+](=O)[O-]. The van der Waals surface area contributed by atoms with Crippen molar-refractivity contribution < 1.29 is 14.5 Å². The van der Waals surface area contributed by atoms with E-state index in [0.717, 1.165) is 6.07 Å². The second-order valence-corrected chi connectivity index (χ2v) is 4.67. The average Bonchev–Trinajstić information content (AvgIpc) is 2.36. The van der Waals surface area contributed by atoms with Crippen LogP contribution < -0.4 is 11.1 Å². The van der Waals surface area contributed by atoms with Gasteiger partial charge >= 0.3 is 0 Å². The molecule has 0 aliphatic rings. The number of nitro benzene ring substituents is 1. The highest BCUT2D eigenvalue weighted by Gasteiger charge is 2.20. The lowest BCUT2D eigenvalue weighted by Crippen LogP contribution is -2.32. The topological polar surface area (TPSA) is 107 Å². The van der Waals surface area contributed by atoms with E-state index in [2.05, 4.69) is 5.32 Å². The molecule has 1 aromatic rings. The highest BCUT2D eigenvalue weighted by molar-refractivity contribution is 5.94. The minimum absolute atomic E-state index is 0.100. The van der Waals surface area contributed by atoms with Crippen molar-refractivity contribution in [2.45, 2.75) is 19.4 Å². The van der Waals surface area contributed by atoms with E-state index >= 15 is 0 Å². The lowest BCUT2D eigenvalue weighted by Gasteiger charge is -2.23. The van der Waals surface area contributed by atoms with Crippen molar-refractivity contribution in [2.24, 2.45) is 5.73 Å². The summed E-state index contributed by atoms with van der Waals surface area (Å²) in [5, 5.41) is 13.9. The number of hydrogen-bond acceptors (Lipinski definition) is 5. The number of rotatable bonds is 6. The fourth-order valence-corrected chi connectivity index (χ4v) is 1.37. The smallest absolute Gasteiger partial charge is 0.293 e. The molecule has 0 saturated carbocycles. The zero-order chi connectivity index (χ0) is 14.6. The second kappa shape index (κ2) is 5.66. The maximum absolute atomic E-state index is 11.0. The normalized spacial score (nSPS) is 11.1. The molecule has 0 radical (unpaired) electrons. The van der Waals surface area contributed by atoms with Crippen molar-refractivity contribution in [1.29, 1.82) is 0 Å². The molecule has 7 heteroatoms. The Morgan fingerprint density at radius 3 is 2.63 bits per heavy atom. The highest BCUT2D eigenvalue weighted by Crippen LogP contribution is 2.26. The molecule has 19 heavy (non-hydrogen) atoms. The second-order valence-electron chi connectivity index (χ2n) is 4.67. The summed E-state index contributed by atoms with van der Waals surface area (Å²) < 4.78 is 5.22. The third kappa shape index (κ3) is 3.92. The fraction of sp³-hybridized carbons (Fsp3) is 0.417. The van der Waals surface area contributed by atoms with E-state index in [-0.39, 0.29) is 11.3 Å². The standard InChI is InChI=1S/C12H17N3O4/c1-12(2,19-3)7-14-9-5-4-8(11(13)16)6-10(9)15(17)18/h4-6,14H,7H2,1-3H3,(H2,13,16). The summed E-state index contributed by atoms with van der Waals surface area (Å²) in [6.07, 6.45) is 0. The summed E-state index contributed by atoms with van der Waals surface area (Å²) >= 11 is 0. The summed E-state index contributed by atoms with van der Waals surface area (Å²) in [5.74, 6) is -0.702. The van der Waals surface area contributed by atoms with E-state index in [4.69, 9.17) is 10.5 Å². The van der Waals surface area contributed by atoms with Gasteiger partial charge in [0.2, 0.25) is 5.91 Å². The Labute approximate surface area is 110 Å². The molecular weight excluding hydrogens is 250 g/mol. The van der Waals surface area contributed by atoms with Crippen molar-refractivity contribution in [1.82, 2.24) is 0 Å². The van der Waals surface area contributed by atoms with Crippen LogP contribution in [0.15, 0.2) is 18.2 Å². The number of nitrogens with two attached hydrogens (primary N) is 1. The molecule has 3 N–H and O–H groups in total. The molecule has 104 valence electrons. The number of ether oxygens (including phenoxy) is 1. The van der Waals surface area contributed by atoms with Gasteiger partial charge in [0, 0.05) is 25.3 Å². The summed E-state index contributed by atoms with van der Waals surface area (Å²) in [7, 11) is 1.56. The van der Waals surface area contributed by atoms with Gasteiger partial charge in [0.25, 0.3) is 5.69 Å². The molecule has 0 spiro atoms. The predicted octanol–water partition coefficient (Wildman–Crippen LogP) is 1.53. The summed E-state index contributed by atoms with van der Waals surface area (Å²) in [6, 6.07) is 4.06. The van der Waals surface area contributed by atoms with Gasteiger partial charge in [-0.05, 0) is 26.0 Å². The maximum atomic E-state index is 11.0. The molecule has 1 aromatic carbocycles. The molecule has 0 bridgehead atoms. The lowest BCUT2D eigenvalue weighted by atomic mass is 10.1. The van der Waals surface area contributed by atoms with Gasteiger partial charge in [-0.2, -0.15) is 0 Å². The minimum atomic E-state index is -0.702. The molecule has 7 nitrogen and oxygen atoms in total. The van der Waals surface area contributed by atoms with Crippen LogP contribution in [0, 0.1) is 10.1 Å². The quantitative estimate of drug-likeness (QED) is 0.600. The largest absolute Gasteiger partial charge is 0.377 e. The van der Waals surface area contributed by atoms with Gasteiger partial charge in [-0.25, -0.2) is 0 Å². The molecule has 0 atom stereocenters. The molecule has 0 saturated heterocycles. The molecule has 0 aliphatic carbocycles. The molecule has 1 amide bonds. The van der Waals surface area contributed by atoms with Crippen LogP contribution in [0.1, 0.15) is 24.2 Å². The number of carbonyl (C=O) groups is 1. The van der Waals surface area contributed by atoms with Crippen LogP contribution in [0.5, 0.6) is 0 Å². The van der Waals surface area contributed by atoms with Gasteiger partial charge in [0.1, 0.15) is 5.69 Å². The molecule has 1 rings (SSSR count). The van der Waals surface area contributed by atoms with E-state index in [1.165, 1.54) is 12.1 Å². The number of hydrogen-bond donors (Lipinski definition) is 2. The predicted molar refractivity (Wildman–Crippen MR) is 71.2 cm³/mol. The van der Waals surface area contributed by atoms with E-state index in [9.17, 15) is 14.9 Å². The number of nitrogens with zero attached hydrogens (tertiary/aromatic N) is 1. The van der Waals surface area contributed by atoms with Gasteiger partial charge in [-0.3, -0.25) is 14.9 Å². The number of methoxy groups -OCH3 is 1. The monoisotopic (exact) mass is 267 g/mol. The van der Waals surface area contributed by atoms with Crippen molar-refractivity contribution in [3.05, 3.63) is 33.9 Å². The van der Waals surface area contributed by atoms with E-state index in [0.29, 0.717) is 12.2 Å². The third-order valence-electron chi connectivity index (χ3n) is 2.74. The Balaban J connectivity index is 3.01. The number of nitro groups is 1. The first kappa shape index (κ1) is 14.9. The van der Waals surface area contributed by atoms with Crippen LogP contribution >= 0.6 is 0 Å². The van der Waals surface area contributed by atoms with Gasteiger partial charge < -0.3 is 15.8 Å². The Bertz CT molecular complexity index is 500. The first-order valence-electron chi connectivity index (χ1n) is 5.64. The highest BCUT2D eigenvalue weighted by atomic mass is 16.6. The third-order valence-corrected chi connectivity index (χ3v) is 2.74. The number of primary amides is 1. The van der Waals surface area contributed by atoms with Crippen LogP contribution in [0.3, 0.4) is 0 Å². The van der Waals surface area contributed by atoms with Gasteiger partial charge in [0.15, 0.2) is 0 Å². The van der Waals surface area contributed by atoms with Crippen LogP contribution in [-0.4, -0.2) is 30.1 Å². The Morgan fingerprint density at radius 2 is 2.16 bits per heavy atom. The molecule has 0 aromatic heterocycles. The van der Waals surface area contributed by atoms with Crippen molar-refractivity contribution in [3.8, 4) is 0 Å². The van der Waals surface area contributed by atoms with E-state index < -0.39 is 16.4 Å². The molecule has 0 unspecified atom stereocenters. The van der Waals surface area contributed by atoms with Crippen molar-refractivity contribution in [2.75, 3.05) is 19.0 Å². The van der Waals surface area contributed by atoms with Crippen molar-refractivity contribution >= 4 is 17.3 Å². The number of nitrogens with one attached hydrogen (secondary N) is 1. The van der Waals surface area contributed by atoms with Gasteiger partial charge in [-0.1, -0.05) is 0 Å². The Hall–Kier alpha value is -2.15. The van der Waals surface area contributed by atoms with E-state index in [1.54, 1.807) is 7.11 Å². The van der Waals surface area contributed by atoms with Crippen LogP contribution in [0.2, 0.25) is 0 Å². The van der Waals surface area contributed by atoms with E-state index in [1.807, 2.05) is 13.8 Å². The number of carbonyl (C=O) groups excluding carboxylic acids is 1. The first-order chi connectivity index (χ1) is 8.76. The molecule has 0 aliphatic heterocycles. The summed E-state index contributed by atoms with van der Waals surface area (Å²) in [5.41, 5.74) is 4.86. The zero-order valence-electron chi connectivity index (χ0n) is 11.1. The summed E-state index contributed by atoms with van der Waals surface area (Å²) in [4.78, 5) is 21.4. The Kier molecular flexibility index (Phi) is 4.44. The molecular formula is C12H17N3O4. The number of anilines is 1. The molecule has 0 fully saturated rings. The fourth-order valence-electron chi connectivity index (χ4n) is 1.37. The summed E-state index contributed by atoms with van der Waals surface area (Å²) in [6.45, 7) is 4.09. The zero-order valence-corrected chi connectivity index (χ0v) is 11.1. The van der Waals surface area contributed by atoms with Crippen LogP contribution in [0.4, 0.5) is 11.4 Å².